The number of imide groups is 1. The molecule has 2 aliphatic rings. The lowest BCUT2D eigenvalue weighted by molar-refractivity contribution is -0.122. The molecule has 2 fully saturated rings. The molecule has 1 saturated heterocycles. The Morgan fingerprint density at radius 1 is 1.19 bits per heavy atom. The molecular formula is C19H17F2NO2S2. The number of amides is 2. The molecule has 0 bridgehead atoms. The van der Waals surface area contributed by atoms with Crippen molar-refractivity contribution < 1.29 is 18.4 Å². The number of hydrogen-bond donors (Lipinski definition) is 0. The van der Waals surface area contributed by atoms with Crippen LogP contribution in [-0.4, -0.2) is 34.8 Å². The lowest BCUT2D eigenvalue weighted by Gasteiger charge is -2.24. The van der Waals surface area contributed by atoms with E-state index in [0.29, 0.717) is 10.5 Å². The van der Waals surface area contributed by atoms with Gasteiger partial charge in [-0.3, -0.25) is 14.5 Å². The van der Waals surface area contributed by atoms with Crippen LogP contribution in [-0.2, 0) is 4.79 Å². The number of carbonyl (C=O) groups is 2. The minimum absolute atomic E-state index is 0.00187. The smallest absolute Gasteiger partial charge is 0.268 e. The first-order chi connectivity index (χ1) is 12.4. The van der Waals surface area contributed by atoms with Crippen LogP contribution in [0.1, 0.15) is 31.2 Å². The van der Waals surface area contributed by atoms with Crippen LogP contribution in [0.2, 0.25) is 0 Å². The minimum Gasteiger partial charge on any atom is -0.268 e. The van der Waals surface area contributed by atoms with Crippen molar-refractivity contribution in [3.8, 4) is 11.8 Å². The molecule has 7 heteroatoms. The molecule has 136 valence electrons. The van der Waals surface area contributed by atoms with Crippen LogP contribution >= 0.6 is 23.5 Å². The van der Waals surface area contributed by atoms with E-state index in [1.165, 1.54) is 0 Å². The van der Waals surface area contributed by atoms with Crippen LogP contribution in [0.3, 0.4) is 0 Å². The molecular weight excluding hydrogens is 376 g/mol. The molecule has 3 rings (SSSR count). The predicted octanol–water partition coefficient (Wildman–Crippen LogP) is 4.92. The Labute approximate surface area is 159 Å². The number of rotatable bonds is 2. The Morgan fingerprint density at radius 3 is 2.46 bits per heavy atom. The second-order valence-electron chi connectivity index (χ2n) is 6.08. The van der Waals surface area contributed by atoms with E-state index in [-0.39, 0.29) is 37.5 Å². The first-order valence-corrected chi connectivity index (χ1v) is 10.2. The number of benzene rings is 1. The number of alkyl halides is 2. The highest BCUT2D eigenvalue weighted by Gasteiger charge is 2.40. The van der Waals surface area contributed by atoms with Crippen molar-refractivity contribution in [2.45, 2.75) is 36.5 Å². The second-order valence-corrected chi connectivity index (χ2v) is 7.92. The summed E-state index contributed by atoms with van der Waals surface area (Å²) in [6.07, 6.45) is 1.78. The van der Waals surface area contributed by atoms with Crippen molar-refractivity contribution in [3.63, 3.8) is 0 Å². The first-order valence-electron chi connectivity index (χ1n) is 8.16. The Bertz CT molecular complexity index is 810. The summed E-state index contributed by atoms with van der Waals surface area (Å²) in [4.78, 5) is 27.1. The Morgan fingerprint density at radius 2 is 1.85 bits per heavy atom. The predicted molar refractivity (Wildman–Crippen MR) is 100 cm³/mol. The quantitative estimate of drug-likeness (QED) is 0.406. The average molecular weight is 393 g/mol. The standard InChI is InChI=1S/C19H17F2NO2S2/c1-25-15-6-4-13(5-7-15)3-2-12-22-17(23)16(26-18(22)24)14-8-10-19(20,21)11-9-14/h4-7H,8-12H2,1H3. The number of halogens is 2. The third-order valence-corrected chi connectivity index (χ3v) is 6.12. The second kappa shape index (κ2) is 7.85. The highest BCUT2D eigenvalue weighted by atomic mass is 32.2. The molecule has 1 aliphatic carbocycles. The molecule has 0 radical (unpaired) electrons. The van der Waals surface area contributed by atoms with E-state index in [2.05, 4.69) is 11.8 Å². The number of carbonyl (C=O) groups excluding carboxylic acids is 2. The van der Waals surface area contributed by atoms with Gasteiger partial charge in [0.05, 0.1) is 11.4 Å². The number of hydrogen-bond acceptors (Lipinski definition) is 4. The van der Waals surface area contributed by atoms with E-state index in [4.69, 9.17) is 0 Å². The van der Waals surface area contributed by atoms with Gasteiger partial charge in [-0.1, -0.05) is 17.4 Å². The van der Waals surface area contributed by atoms with Crippen LogP contribution in [0.5, 0.6) is 0 Å². The summed E-state index contributed by atoms with van der Waals surface area (Å²) in [5.74, 6) is 2.71. The van der Waals surface area contributed by atoms with Crippen LogP contribution in [0.15, 0.2) is 39.6 Å². The molecule has 0 aromatic heterocycles. The van der Waals surface area contributed by atoms with E-state index < -0.39 is 11.8 Å². The fraction of sp³-hybridized carbons (Fsp3) is 0.368. The van der Waals surface area contributed by atoms with Gasteiger partial charge in [0.1, 0.15) is 0 Å². The van der Waals surface area contributed by atoms with E-state index >= 15 is 0 Å². The molecule has 1 aromatic rings. The highest BCUT2D eigenvalue weighted by Crippen LogP contribution is 2.42. The van der Waals surface area contributed by atoms with Crippen molar-refractivity contribution in [3.05, 3.63) is 40.3 Å². The summed E-state index contributed by atoms with van der Waals surface area (Å²) in [6, 6.07) is 7.68. The summed E-state index contributed by atoms with van der Waals surface area (Å²) in [7, 11) is 0. The monoisotopic (exact) mass is 393 g/mol. The molecule has 26 heavy (non-hydrogen) atoms. The minimum atomic E-state index is -2.67. The SMILES string of the molecule is CSc1ccc(C#CCN2C(=O)SC(=C3CCC(F)(F)CC3)C2=O)cc1. The Kier molecular flexibility index (Phi) is 5.73. The molecule has 0 unspecified atom stereocenters. The molecule has 0 N–H and O–H groups in total. The summed E-state index contributed by atoms with van der Waals surface area (Å²) < 4.78 is 26.6. The van der Waals surface area contributed by atoms with Gasteiger partial charge in [-0.25, -0.2) is 8.78 Å². The van der Waals surface area contributed by atoms with Crippen LogP contribution in [0.25, 0.3) is 0 Å². The fourth-order valence-corrected chi connectivity index (χ4v) is 4.18. The van der Waals surface area contributed by atoms with Crippen LogP contribution < -0.4 is 0 Å². The van der Waals surface area contributed by atoms with Gasteiger partial charge in [0.15, 0.2) is 0 Å². The van der Waals surface area contributed by atoms with Crippen molar-refractivity contribution in [1.82, 2.24) is 4.90 Å². The third-order valence-electron chi connectivity index (χ3n) is 4.32. The molecule has 3 nitrogen and oxygen atoms in total. The van der Waals surface area contributed by atoms with Gasteiger partial charge >= 0.3 is 0 Å². The maximum atomic E-state index is 13.3. The van der Waals surface area contributed by atoms with Gasteiger partial charge in [0.2, 0.25) is 5.92 Å². The van der Waals surface area contributed by atoms with Gasteiger partial charge in [-0.2, -0.15) is 0 Å². The molecule has 1 saturated carbocycles. The third kappa shape index (κ3) is 4.30. The lowest BCUT2D eigenvalue weighted by atomic mass is 9.91. The van der Waals surface area contributed by atoms with Crippen molar-refractivity contribution in [2.24, 2.45) is 0 Å². The highest BCUT2D eigenvalue weighted by molar-refractivity contribution is 8.18. The summed E-state index contributed by atoms with van der Waals surface area (Å²) in [5.41, 5.74) is 1.48. The van der Waals surface area contributed by atoms with Crippen LogP contribution in [0, 0.1) is 11.8 Å². The van der Waals surface area contributed by atoms with E-state index in [9.17, 15) is 18.4 Å². The van der Waals surface area contributed by atoms with E-state index in [1.807, 2.05) is 30.5 Å². The lowest BCUT2D eigenvalue weighted by Crippen LogP contribution is -2.29. The zero-order valence-electron chi connectivity index (χ0n) is 14.2. The van der Waals surface area contributed by atoms with Gasteiger partial charge in [-0.05, 0) is 55.1 Å². The zero-order valence-corrected chi connectivity index (χ0v) is 15.8. The fourth-order valence-electron chi connectivity index (χ4n) is 2.79. The first kappa shape index (κ1) is 19.0. The van der Waals surface area contributed by atoms with Gasteiger partial charge in [-0.15, -0.1) is 11.8 Å². The molecule has 1 aromatic carbocycles. The zero-order chi connectivity index (χ0) is 18.7. The van der Waals surface area contributed by atoms with E-state index in [1.54, 1.807) is 11.8 Å². The van der Waals surface area contributed by atoms with Gasteiger partial charge in [0.25, 0.3) is 11.1 Å². The molecule has 1 heterocycles. The van der Waals surface area contributed by atoms with Gasteiger partial charge < -0.3 is 0 Å². The number of thioether (sulfide) groups is 2. The topological polar surface area (TPSA) is 37.4 Å². The summed E-state index contributed by atoms with van der Waals surface area (Å²) in [5, 5.41) is -0.387. The maximum absolute atomic E-state index is 13.3. The number of allylic oxidation sites excluding steroid dienone is 1. The van der Waals surface area contributed by atoms with E-state index in [0.717, 1.165) is 27.1 Å². The number of nitrogens with zero attached hydrogens (tertiary/aromatic N) is 1. The van der Waals surface area contributed by atoms with Crippen LogP contribution in [0.4, 0.5) is 13.6 Å². The maximum Gasteiger partial charge on any atom is 0.294 e. The molecule has 0 atom stereocenters. The summed E-state index contributed by atoms with van der Waals surface area (Å²) >= 11 is 2.48. The van der Waals surface area contributed by atoms with Crippen molar-refractivity contribution in [1.29, 1.82) is 0 Å². The largest absolute Gasteiger partial charge is 0.294 e. The Hall–Kier alpha value is -1.78. The van der Waals surface area contributed by atoms with Crippen molar-refractivity contribution in [2.75, 3.05) is 12.8 Å². The Balaban J connectivity index is 1.67. The average Bonchev–Trinajstić information content (AvgIpc) is 2.90. The molecule has 0 spiro atoms. The normalized spacial score (nSPS) is 19.6. The van der Waals surface area contributed by atoms with Crippen molar-refractivity contribution >= 4 is 34.7 Å². The van der Waals surface area contributed by atoms with Gasteiger partial charge in [0, 0.05) is 23.3 Å². The molecule has 2 amide bonds. The summed E-state index contributed by atoms with van der Waals surface area (Å²) in [6.45, 7) is 0.00187. The molecule has 1 aliphatic heterocycles.